The van der Waals surface area contributed by atoms with Crippen LogP contribution >= 0.6 is 34.8 Å². The maximum atomic E-state index is 14.0. The molecule has 0 spiro atoms. The van der Waals surface area contributed by atoms with E-state index in [0.717, 1.165) is 9.87 Å². The molecule has 0 heterocycles. The molecule has 0 saturated heterocycles. The first-order chi connectivity index (χ1) is 18.8. The second kappa shape index (κ2) is 13.7. The summed E-state index contributed by atoms with van der Waals surface area (Å²) in [4.78, 5) is 28.6. The maximum Gasteiger partial charge on any atom is 0.264 e. The van der Waals surface area contributed by atoms with Gasteiger partial charge in [-0.15, -0.1) is 0 Å². The van der Waals surface area contributed by atoms with Gasteiger partial charge in [-0.3, -0.25) is 13.9 Å². The Hall–Kier alpha value is -2.78. The second-order valence-electron chi connectivity index (χ2n) is 9.66. The molecular formula is C29H32Cl3N3O4S. The Balaban J connectivity index is 2.08. The average Bonchev–Trinajstić information content (AvgIpc) is 2.88. The molecule has 0 unspecified atom stereocenters. The number of halogens is 3. The third-order valence-electron chi connectivity index (χ3n) is 6.14. The third-order valence-corrected chi connectivity index (χ3v) is 8.90. The molecule has 11 heteroatoms. The number of carbonyl (C=O) groups is 2. The Morgan fingerprint density at radius 3 is 2.17 bits per heavy atom. The highest BCUT2D eigenvalue weighted by Crippen LogP contribution is 2.28. The molecule has 214 valence electrons. The largest absolute Gasteiger partial charge is 0.352 e. The van der Waals surface area contributed by atoms with Gasteiger partial charge in [0.2, 0.25) is 11.8 Å². The number of anilines is 1. The molecule has 7 nitrogen and oxygen atoms in total. The highest BCUT2D eigenvalue weighted by atomic mass is 35.5. The quantitative estimate of drug-likeness (QED) is 0.265. The standard InChI is InChI=1S/C29H32Cl3N3O4S/c1-5-27(29(37)33-19(2)3)34(17-21-11-14-25(31)26(32)15-21)28(36)18-35(23-8-6-7-22(30)16-23)40(38,39)24-12-9-20(4)10-13-24/h6-16,19,27H,5,17-18H2,1-4H3,(H,33,37)/t27-/m0/s1. The van der Waals surface area contributed by atoms with Crippen LogP contribution in [0, 0.1) is 6.92 Å². The molecule has 40 heavy (non-hydrogen) atoms. The number of carbonyl (C=O) groups excluding carboxylic acids is 2. The zero-order chi connectivity index (χ0) is 29.6. The normalized spacial score (nSPS) is 12.2. The number of rotatable bonds is 11. The molecule has 0 aliphatic carbocycles. The minimum atomic E-state index is -4.19. The molecule has 3 aromatic rings. The molecule has 3 aromatic carbocycles. The minimum Gasteiger partial charge on any atom is -0.352 e. The summed E-state index contributed by atoms with van der Waals surface area (Å²) in [7, 11) is -4.19. The van der Waals surface area contributed by atoms with Crippen LogP contribution in [0.4, 0.5) is 5.69 Å². The zero-order valence-electron chi connectivity index (χ0n) is 22.7. The summed E-state index contributed by atoms with van der Waals surface area (Å²) in [6.07, 6.45) is 0.299. The first kappa shape index (κ1) is 31.7. The van der Waals surface area contributed by atoms with E-state index in [1.165, 1.54) is 23.1 Å². The van der Waals surface area contributed by atoms with E-state index in [-0.39, 0.29) is 29.1 Å². The molecule has 0 aromatic heterocycles. The van der Waals surface area contributed by atoms with Crippen LogP contribution in [-0.2, 0) is 26.2 Å². The maximum absolute atomic E-state index is 14.0. The van der Waals surface area contributed by atoms with E-state index >= 15 is 0 Å². The number of aryl methyl sites for hydroxylation is 1. The van der Waals surface area contributed by atoms with E-state index in [9.17, 15) is 18.0 Å². The molecule has 2 amide bonds. The molecular weight excluding hydrogens is 593 g/mol. The Morgan fingerprint density at radius 2 is 1.60 bits per heavy atom. The molecule has 3 rings (SSSR count). The van der Waals surface area contributed by atoms with Gasteiger partial charge in [-0.2, -0.15) is 0 Å². The van der Waals surface area contributed by atoms with E-state index < -0.39 is 28.5 Å². The molecule has 1 N–H and O–H groups in total. The summed E-state index contributed by atoms with van der Waals surface area (Å²) < 4.78 is 28.8. The van der Waals surface area contributed by atoms with Crippen molar-refractivity contribution in [3.05, 3.63) is 92.9 Å². The van der Waals surface area contributed by atoms with Crippen LogP contribution in [0.25, 0.3) is 0 Å². The Labute approximate surface area is 251 Å². The predicted molar refractivity (Wildman–Crippen MR) is 162 cm³/mol. The first-order valence-corrected chi connectivity index (χ1v) is 15.3. The van der Waals surface area contributed by atoms with Crippen molar-refractivity contribution in [2.75, 3.05) is 10.8 Å². The lowest BCUT2D eigenvalue weighted by atomic mass is 10.1. The summed E-state index contributed by atoms with van der Waals surface area (Å²) in [6, 6.07) is 16.5. The topological polar surface area (TPSA) is 86.8 Å². The van der Waals surface area contributed by atoms with Gasteiger partial charge in [-0.05, 0) is 75.2 Å². The number of hydrogen-bond donors (Lipinski definition) is 1. The fourth-order valence-electron chi connectivity index (χ4n) is 4.13. The lowest BCUT2D eigenvalue weighted by Gasteiger charge is -2.33. The summed E-state index contributed by atoms with van der Waals surface area (Å²) in [6.45, 7) is 6.73. The van der Waals surface area contributed by atoms with Crippen LogP contribution in [0.15, 0.2) is 71.6 Å². The van der Waals surface area contributed by atoms with E-state index in [0.29, 0.717) is 27.1 Å². The van der Waals surface area contributed by atoms with Crippen molar-refractivity contribution in [1.82, 2.24) is 10.2 Å². The van der Waals surface area contributed by atoms with Crippen LogP contribution < -0.4 is 9.62 Å². The summed E-state index contributed by atoms with van der Waals surface area (Å²) in [5.74, 6) is -0.922. The van der Waals surface area contributed by atoms with Crippen molar-refractivity contribution in [3.8, 4) is 0 Å². The van der Waals surface area contributed by atoms with Gasteiger partial charge in [-0.25, -0.2) is 8.42 Å². The minimum absolute atomic E-state index is 0.00765. The smallest absolute Gasteiger partial charge is 0.264 e. The number of hydrogen-bond acceptors (Lipinski definition) is 4. The second-order valence-corrected chi connectivity index (χ2v) is 12.8. The highest BCUT2D eigenvalue weighted by molar-refractivity contribution is 7.92. The zero-order valence-corrected chi connectivity index (χ0v) is 25.8. The summed E-state index contributed by atoms with van der Waals surface area (Å²) in [5, 5.41) is 3.82. The van der Waals surface area contributed by atoms with Crippen molar-refractivity contribution in [1.29, 1.82) is 0 Å². The highest BCUT2D eigenvalue weighted by Gasteiger charge is 2.34. The Bertz CT molecular complexity index is 1460. The summed E-state index contributed by atoms with van der Waals surface area (Å²) in [5.41, 5.74) is 1.74. The van der Waals surface area contributed by atoms with Crippen LogP contribution in [0.2, 0.25) is 15.1 Å². The number of nitrogens with zero attached hydrogens (tertiary/aromatic N) is 2. The molecule has 0 radical (unpaired) electrons. The van der Waals surface area contributed by atoms with Crippen molar-refractivity contribution >= 4 is 62.3 Å². The van der Waals surface area contributed by atoms with Gasteiger partial charge in [0.25, 0.3) is 10.0 Å². The van der Waals surface area contributed by atoms with Gasteiger partial charge < -0.3 is 10.2 Å². The van der Waals surface area contributed by atoms with E-state index in [1.54, 1.807) is 55.5 Å². The van der Waals surface area contributed by atoms with Crippen LogP contribution in [0.1, 0.15) is 38.3 Å². The molecule has 0 bridgehead atoms. The van der Waals surface area contributed by atoms with E-state index in [2.05, 4.69) is 5.32 Å². The molecule has 0 aliphatic rings. The molecule has 0 aliphatic heterocycles. The van der Waals surface area contributed by atoms with Crippen molar-refractivity contribution in [2.45, 2.75) is 57.6 Å². The van der Waals surface area contributed by atoms with Crippen molar-refractivity contribution in [3.63, 3.8) is 0 Å². The fraction of sp³-hybridized carbons (Fsp3) is 0.310. The van der Waals surface area contributed by atoms with Crippen LogP contribution in [-0.4, -0.2) is 43.8 Å². The lowest BCUT2D eigenvalue weighted by Crippen LogP contribution is -2.53. The molecule has 1 atom stereocenters. The van der Waals surface area contributed by atoms with Gasteiger partial charge in [0.1, 0.15) is 12.6 Å². The van der Waals surface area contributed by atoms with Gasteiger partial charge >= 0.3 is 0 Å². The van der Waals surface area contributed by atoms with Crippen molar-refractivity contribution in [2.24, 2.45) is 0 Å². The number of nitrogens with one attached hydrogen (secondary N) is 1. The van der Waals surface area contributed by atoms with E-state index in [1.807, 2.05) is 20.8 Å². The number of sulfonamides is 1. The Morgan fingerprint density at radius 1 is 0.925 bits per heavy atom. The monoisotopic (exact) mass is 623 g/mol. The SMILES string of the molecule is CC[C@@H](C(=O)NC(C)C)N(Cc1ccc(Cl)c(Cl)c1)C(=O)CN(c1cccc(Cl)c1)S(=O)(=O)c1ccc(C)cc1. The Kier molecular flexibility index (Phi) is 10.9. The number of benzene rings is 3. The summed E-state index contributed by atoms with van der Waals surface area (Å²) >= 11 is 18.5. The predicted octanol–water partition coefficient (Wildman–Crippen LogP) is 6.48. The van der Waals surface area contributed by atoms with E-state index in [4.69, 9.17) is 34.8 Å². The average molecular weight is 625 g/mol. The molecule has 0 fully saturated rings. The van der Waals surface area contributed by atoms with Crippen molar-refractivity contribution < 1.29 is 18.0 Å². The van der Waals surface area contributed by atoms with Gasteiger partial charge in [-0.1, -0.05) is 71.6 Å². The van der Waals surface area contributed by atoms with Gasteiger partial charge in [0.15, 0.2) is 0 Å². The lowest BCUT2D eigenvalue weighted by molar-refractivity contribution is -0.140. The van der Waals surface area contributed by atoms with Crippen LogP contribution in [0.3, 0.4) is 0 Å². The van der Waals surface area contributed by atoms with Gasteiger partial charge in [0, 0.05) is 17.6 Å². The van der Waals surface area contributed by atoms with Gasteiger partial charge in [0.05, 0.1) is 20.6 Å². The fourth-order valence-corrected chi connectivity index (χ4v) is 6.04. The number of amides is 2. The van der Waals surface area contributed by atoms with Crippen LogP contribution in [0.5, 0.6) is 0 Å². The first-order valence-electron chi connectivity index (χ1n) is 12.7. The third kappa shape index (κ3) is 7.91. The molecule has 0 saturated carbocycles.